The zero-order valence-electron chi connectivity index (χ0n) is 18.1. The molecule has 33 heavy (non-hydrogen) atoms. The maximum atomic E-state index is 13.6. The summed E-state index contributed by atoms with van der Waals surface area (Å²) in [5, 5.41) is 0.902. The van der Waals surface area contributed by atoms with E-state index in [4.69, 9.17) is 10.5 Å². The number of fused-ring (bicyclic) bond motifs is 1. The van der Waals surface area contributed by atoms with E-state index >= 15 is 0 Å². The summed E-state index contributed by atoms with van der Waals surface area (Å²) >= 11 is 0. The van der Waals surface area contributed by atoms with Crippen LogP contribution < -0.4 is 15.4 Å². The highest BCUT2D eigenvalue weighted by Crippen LogP contribution is 2.29. The first-order valence-electron chi connectivity index (χ1n) is 10.0. The first-order chi connectivity index (χ1) is 15.8. The third-order valence-electron chi connectivity index (χ3n) is 5.12. The number of hydrogen-bond donors (Lipinski definition) is 1. The van der Waals surface area contributed by atoms with Gasteiger partial charge >= 0.3 is 0 Å². The van der Waals surface area contributed by atoms with Crippen molar-refractivity contribution in [3.63, 3.8) is 0 Å². The molecule has 4 rings (SSSR count). The van der Waals surface area contributed by atoms with Crippen molar-refractivity contribution < 1.29 is 17.9 Å². The molecule has 0 aliphatic carbocycles. The van der Waals surface area contributed by atoms with Gasteiger partial charge in [-0.05, 0) is 42.0 Å². The van der Waals surface area contributed by atoms with E-state index in [0.29, 0.717) is 17.1 Å². The number of nitrogen functional groups attached to an aromatic ring is 1. The van der Waals surface area contributed by atoms with Crippen LogP contribution in [0, 0.1) is 0 Å². The lowest BCUT2D eigenvalue weighted by molar-refractivity contribution is 0.0984. The number of sulfone groups is 1. The van der Waals surface area contributed by atoms with E-state index in [1.807, 2.05) is 24.3 Å². The fourth-order valence-electron chi connectivity index (χ4n) is 3.52. The highest BCUT2D eigenvalue weighted by atomic mass is 32.2. The Hall–Kier alpha value is -3.98. The number of amides is 1. The number of para-hydroxylation sites is 1. The fourth-order valence-corrected chi connectivity index (χ4v) is 4.41. The summed E-state index contributed by atoms with van der Waals surface area (Å²) in [5.74, 6) is 0.387. The van der Waals surface area contributed by atoms with Crippen LogP contribution in [0.5, 0.6) is 5.75 Å². The van der Waals surface area contributed by atoms with Crippen LogP contribution in [0.2, 0.25) is 0 Å². The fraction of sp³-hybridized carbons (Fsp3) is 0.125. The average Bonchev–Trinajstić information content (AvgIpc) is 2.81. The molecule has 2 heterocycles. The summed E-state index contributed by atoms with van der Waals surface area (Å²) in [7, 11) is -2.12. The molecule has 168 valence electrons. The normalized spacial score (nSPS) is 11.3. The van der Waals surface area contributed by atoms with E-state index < -0.39 is 15.7 Å². The van der Waals surface area contributed by atoms with E-state index in [1.54, 1.807) is 30.3 Å². The Morgan fingerprint density at radius 1 is 1.06 bits per heavy atom. The van der Waals surface area contributed by atoms with Crippen molar-refractivity contribution in [1.29, 1.82) is 0 Å². The minimum absolute atomic E-state index is 0.0531. The van der Waals surface area contributed by atoms with Crippen LogP contribution in [-0.2, 0) is 16.4 Å². The lowest BCUT2D eigenvalue weighted by Gasteiger charge is -2.25. The van der Waals surface area contributed by atoms with Crippen LogP contribution in [0.4, 0.5) is 11.5 Å². The van der Waals surface area contributed by atoms with Gasteiger partial charge in [0.2, 0.25) is 0 Å². The van der Waals surface area contributed by atoms with Crippen molar-refractivity contribution in [3.05, 3.63) is 84.2 Å². The molecule has 1 amide bonds. The Morgan fingerprint density at radius 2 is 1.82 bits per heavy atom. The van der Waals surface area contributed by atoms with Gasteiger partial charge in [-0.15, -0.1) is 0 Å². The summed E-state index contributed by atoms with van der Waals surface area (Å²) in [6, 6.07) is 17.1. The monoisotopic (exact) mass is 462 g/mol. The topological polar surface area (TPSA) is 115 Å². The molecule has 2 N–H and O–H groups in total. The molecule has 8 nitrogen and oxygen atoms in total. The van der Waals surface area contributed by atoms with Crippen molar-refractivity contribution in [2.24, 2.45) is 0 Å². The number of nitrogens with two attached hydrogens (primary N) is 1. The van der Waals surface area contributed by atoms with Crippen molar-refractivity contribution in [1.82, 2.24) is 9.97 Å². The standard InChI is InChI=1S/C24H22N4O4S/c1-32-19-12-18(13-26-14-19)24(29)28(21-5-3-4-6-22(21)33(2,30)31)15-16-7-8-17-9-10-23(25)27-20(17)11-16/h3-14H,15H2,1-2H3,(H2,25,27). The van der Waals surface area contributed by atoms with Crippen LogP contribution in [0.15, 0.2) is 78.0 Å². The van der Waals surface area contributed by atoms with Gasteiger partial charge in [-0.2, -0.15) is 0 Å². The first-order valence-corrected chi connectivity index (χ1v) is 11.9. The van der Waals surface area contributed by atoms with Crippen LogP contribution in [-0.4, -0.2) is 37.7 Å². The number of carbonyl (C=O) groups is 1. The van der Waals surface area contributed by atoms with Crippen LogP contribution in [0.1, 0.15) is 15.9 Å². The van der Waals surface area contributed by atoms with E-state index in [1.165, 1.54) is 30.5 Å². The minimum Gasteiger partial charge on any atom is -0.495 e. The van der Waals surface area contributed by atoms with Gasteiger partial charge in [0.1, 0.15) is 11.6 Å². The molecule has 0 unspecified atom stereocenters. The first kappa shape index (κ1) is 22.2. The predicted molar refractivity (Wildman–Crippen MR) is 127 cm³/mol. The number of aromatic nitrogens is 2. The van der Waals surface area contributed by atoms with E-state index in [-0.39, 0.29) is 22.7 Å². The molecule has 2 aromatic carbocycles. The Morgan fingerprint density at radius 3 is 2.58 bits per heavy atom. The van der Waals surface area contributed by atoms with Gasteiger partial charge in [0, 0.05) is 17.8 Å². The largest absolute Gasteiger partial charge is 0.495 e. The molecule has 0 spiro atoms. The second-order valence-electron chi connectivity index (χ2n) is 7.51. The van der Waals surface area contributed by atoms with Crippen LogP contribution in [0.3, 0.4) is 0 Å². The second kappa shape index (κ2) is 8.87. The summed E-state index contributed by atoms with van der Waals surface area (Å²) in [6.45, 7) is 0.106. The highest BCUT2D eigenvalue weighted by molar-refractivity contribution is 7.90. The lowest BCUT2D eigenvalue weighted by atomic mass is 10.1. The summed E-state index contributed by atoms with van der Waals surface area (Å²) in [4.78, 5) is 23.5. The molecule has 2 aromatic heterocycles. The maximum Gasteiger partial charge on any atom is 0.260 e. The Labute approximate surface area is 191 Å². The molecule has 0 aliphatic rings. The lowest BCUT2D eigenvalue weighted by Crippen LogP contribution is -2.31. The number of pyridine rings is 2. The van der Waals surface area contributed by atoms with Gasteiger partial charge in [-0.25, -0.2) is 13.4 Å². The molecular formula is C24H22N4O4S. The smallest absolute Gasteiger partial charge is 0.260 e. The Kier molecular flexibility index (Phi) is 5.97. The Balaban J connectivity index is 1.84. The summed E-state index contributed by atoms with van der Waals surface area (Å²) < 4.78 is 30.2. The predicted octanol–water partition coefficient (Wildman–Crippen LogP) is 3.47. The van der Waals surface area contributed by atoms with Gasteiger partial charge in [-0.1, -0.05) is 24.3 Å². The minimum atomic E-state index is -3.60. The van der Waals surface area contributed by atoms with Crippen molar-refractivity contribution >= 4 is 38.2 Å². The van der Waals surface area contributed by atoms with Gasteiger partial charge in [0.25, 0.3) is 5.91 Å². The number of methoxy groups -OCH3 is 1. The third-order valence-corrected chi connectivity index (χ3v) is 6.26. The molecule has 0 atom stereocenters. The van der Waals surface area contributed by atoms with E-state index in [2.05, 4.69) is 9.97 Å². The number of rotatable bonds is 6. The quantitative estimate of drug-likeness (QED) is 0.466. The number of nitrogens with zero attached hydrogens (tertiary/aromatic N) is 3. The van der Waals surface area contributed by atoms with Gasteiger partial charge in [-0.3, -0.25) is 9.78 Å². The van der Waals surface area contributed by atoms with Crippen LogP contribution >= 0.6 is 0 Å². The van der Waals surface area contributed by atoms with E-state index in [9.17, 15) is 13.2 Å². The van der Waals surface area contributed by atoms with Crippen molar-refractivity contribution in [3.8, 4) is 5.75 Å². The molecule has 0 bridgehead atoms. The number of anilines is 2. The maximum absolute atomic E-state index is 13.6. The van der Waals surface area contributed by atoms with Gasteiger partial charge < -0.3 is 15.4 Å². The number of carbonyl (C=O) groups excluding carboxylic acids is 1. The summed E-state index contributed by atoms with van der Waals surface area (Å²) in [5.41, 5.74) is 7.80. The third kappa shape index (κ3) is 4.78. The SMILES string of the molecule is COc1cncc(C(=O)N(Cc2ccc3ccc(N)nc3c2)c2ccccc2S(C)(=O)=O)c1. The molecule has 4 aromatic rings. The molecule has 0 saturated carbocycles. The number of hydrogen-bond acceptors (Lipinski definition) is 7. The van der Waals surface area contributed by atoms with Crippen LogP contribution in [0.25, 0.3) is 10.9 Å². The molecule has 0 radical (unpaired) electrons. The zero-order chi connectivity index (χ0) is 23.6. The molecule has 0 saturated heterocycles. The molecule has 9 heteroatoms. The average molecular weight is 463 g/mol. The van der Waals surface area contributed by atoms with E-state index in [0.717, 1.165) is 17.2 Å². The highest BCUT2D eigenvalue weighted by Gasteiger charge is 2.25. The van der Waals surface area contributed by atoms with Gasteiger partial charge in [0.05, 0.1) is 41.5 Å². The number of ether oxygens (including phenoxy) is 1. The molecule has 0 aliphatic heterocycles. The number of benzene rings is 2. The van der Waals surface area contributed by atoms with Crippen molar-refractivity contribution in [2.45, 2.75) is 11.4 Å². The summed E-state index contributed by atoms with van der Waals surface area (Å²) in [6.07, 6.45) is 4.03. The second-order valence-corrected chi connectivity index (χ2v) is 9.49. The molecular weight excluding hydrogens is 440 g/mol. The molecule has 0 fully saturated rings. The zero-order valence-corrected chi connectivity index (χ0v) is 18.9. The van der Waals surface area contributed by atoms with Crippen molar-refractivity contribution in [2.75, 3.05) is 24.0 Å². The van der Waals surface area contributed by atoms with Gasteiger partial charge in [0.15, 0.2) is 9.84 Å². The Bertz CT molecular complexity index is 1450.